The molecule has 0 spiro atoms. The van der Waals surface area contributed by atoms with E-state index in [-0.39, 0.29) is 0 Å². The zero-order chi connectivity index (χ0) is 19.5. The molecule has 0 bridgehead atoms. The van der Waals surface area contributed by atoms with Gasteiger partial charge in [-0.05, 0) is 35.6 Å². The summed E-state index contributed by atoms with van der Waals surface area (Å²) in [6, 6.07) is 6.88. The molecule has 0 unspecified atom stereocenters. The molecule has 7 heteroatoms. The zero-order valence-electron chi connectivity index (χ0n) is 16.5. The molecule has 5 nitrogen and oxygen atoms in total. The van der Waals surface area contributed by atoms with Crippen molar-refractivity contribution in [2.45, 2.75) is 57.3 Å². The molecule has 0 fully saturated rings. The number of hydrogen-bond acceptors (Lipinski definition) is 6. The Morgan fingerprint density at radius 2 is 1.74 bits per heavy atom. The highest BCUT2D eigenvalue weighted by Gasteiger charge is 2.05. The predicted octanol–water partition coefficient (Wildman–Crippen LogP) is 4.05. The van der Waals surface area contributed by atoms with Crippen LogP contribution < -0.4 is 5.32 Å². The number of thioether (sulfide) groups is 2. The summed E-state index contributed by atoms with van der Waals surface area (Å²) in [4.78, 5) is 11.4. The normalized spacial score (nSPS) is 11.1. The fraction of sp³-hybridized carbons (Fsp3) is 0.550. The molecular formula is C20H30N4OS2. The maximum atomic E-state index is 11.4. The van der Waals surface area contributed by atoms with Crippen LogP contribution in [-0.4, -0.2) is 33.3 Å². The standard InChI is InChI=1S/C20H30N4OS2/c1-4-20(25)6-5-7-24-13-19(22-23-24)12-21-11-16-8-17(14-26-2)10-18(9-16)15-27-3/h8-10,13,21H,4-7,11-12,14-15H2,1-3H3. The van der Waals surface area contributed by atoms with E-state index < -0.39 is 0 Å². The van der Waals surface area contributed by atoms with Crippen LogP contribution in [0, 0.1) is 0 Å². The SMILES string of the molecule is CCC(=O)CCCn1cc(CNCc2cc(CSC)cc(CSC)c2)nn1. The van der Waals surface area contributed by atoms with E-state index in [9.17, 15) is 4.79 Å². The van der Waals surface area contributed by atoms with Crippen LogP contribution in [0.3, 0.4) is 0 Å². The third-order valence-corrected chi connectivity index (χ3v) is 5.44. The van der Waals surface area contributed by atoms with E-state index in [0.717, 1.165) is 36.7 Å². The Hall–Kier alpha value is -1.31. The van der Waals surface area contributed by atoms with Crippen molar-refractivity contribution in [3.8, 4) is 0 Å². The molecule has 1 N–H and O–H groups in total. The van der Waals surface area contributed by atoms with Gasteiger partial charge in [-0.25, -0.2) is 0 Å². The number of aromatic nitrogens is 3. The predicted molar refractivity (Wildman–Crippen MR) is 116 cm³/mol. The highest BCUT2D eigenvalue weighted by molar-refractivity contribution is 7.98. The molecule has 0 saturated carbocycles. The first-order chi connectivity index (χ1) is 13.1. The lowest BCUT2D eigenvalue weighted by Crippen LogP contribution is -2.13. The van der Waals surface area contributed by atoms with Gasteiger partial charge in [-0.15, -0.1) is 5.10 Å². The first-order valence-corrected chi connectivity index (χ1v) is 12.1. The minimum absolute atomic E-state index is 0.307. The highest BCUT2D eigenvalue weighted by atomic mass is 32.2. The molecule has 0 aliphatic rings. The Balaban J connectivity index is 1.82. The van der Waals surface area contributed by atoms with Crippen LogP contribution in [0.15, 0.2) is 24.4 Å². The first-order valence-electron chi connectivity index (χ1n) is 9.35. The van der Waals surface area contributed by atoms with E-state index in [0.29, 0.717) is 25.2 Å². The van der Waals surface area contributed by atoms with Gasteiger partial charge in [-0.2, -0.15) is 23.5 Å². The van der Waals surface area contributed by atoms with Gasteiger partial charge in [-0.1, -0.05) is 30.3 Å². The largest absolute Gasteiger partial charge is 0.307 e. The van der Waals surface area contributed by atoms with Gasteiger partial charge in [0, 0.05) is 50.2 Å². The van der Waals surface area contributed by atoms with Crippen molar-refractivity contribution in [1.82, 2.24) is 20.3 Å². The van der Waals surface area contributed by atoms with Crippen LogP contribution in [-0.2, 0) is 35.9 Å². The monoisotopic (exact) mass is 406 g/mol. The molecule has 148 valence electrons. The highest BCUT2D eigenvalue weighted by Crippen LogP contribution is 2.18. The van der Waals surface area contributed by atoms with E-state index in [1.165, 1.54) is 16.7 Å². The summed E-state index contributed by atoms with van der Waals surface area (Å²) in [7, 11) is 0. The molecule has 0 aliphatic carbocycles. The zero-order valence-corrected chi connectivity index (χ0v) is 18.2. The second-order valence-electron chi connectivity index (χ2n) is 6.60. The van der Waals surface area contributed by atoms with Gasteiger partial charge in [0.05, 0.1) is 5.69 Å². The quantitative estimate of drug-likeness (QED) is 0.541. The molecule has 2 rings (SSSR count). The maximum Gasteiger partial charge on any atom is 0.132 e. The van der Waals surface area contributed by atoms with Crippen LogP contribution in [0.1, 0.15) is 48.6 Å². The topological polar surface area (TPSA) is 59.8 Å². The molecule has 2 aromatic rings. The first kappa shape index (κ1) is 22.0. The molecule has 0 amide bonds. The second kappa shape index (κ2) is 12.2. The summed E-state index contributed by atoms with van der Waals surface area (Å²) in [6.45, 7) is 4.16. The van der Waals surface area contributed by atoms with Crippen LogP contribution >= 0.6 is 23.5 Å². The molecule has 1 aromatic carbocycles. The number of ketones is 1. The number of Topliss-reactive ketones (excluding diaryl/α,β-unsaturated/α-hetero) is 1. The summed E-state index contributed by atoms with van der Waals surface area (Å²) in [5.74, 6) is 2.40. The van der Waals surface area contributed by atoms with E-state index in [1.807, 2.05) is 41.3 Å². The average molecular weight is 407 g/mol. The summed E-state index contributed by atoms with van der Waals surface area (Å²) >= 11 is 3.71. The van der Waals surface area contributed by atoms with Crippen molar-refractivity contribution >= 4 is 29.3 Å². The van der Waals surface area contributed by atoms with Gasteiger partial charge < -0.3 is 5.32 Å². The van der Waals surface area contributed by atoms with Gasteiger partial charge in [0.25, 0.3) is 0 Å². The van der Waals surface area contributed by atoms with Crippen molar-refractivity contribution in [1.29, 1.82) is 0 Å². The fourth-order valence-electron chi connectivity index (χ4n) is 2.92. The van der Waals surface area contributed by atoms with Crippen molar-refractivity contribution in [3.63, 3.8) is 0 Å². The van der Waals surface area contributed by atoms with Crippen molar-refractivity contribution in [2.24, 2.45) is 0 Å². The van der Waals surface area contributed by atoms with Crippen LogP contribution in [0.25, 0.3) is 0 Å². The van der Waals surface area contributed by atoms with Gasteiger partial charge in [0.2, 0.25) is 0 Å². The minimum atomic E-state index is 0.307. The van der Waals surface area contributed by atoms with Crippen molar-refractivity contribution in [2.75, 3.05) is 12.5 Å². The number of nitrogens with one attached hydrogen (secondary N) is 1. The summed E-state index contributed by atoms with van der Waals surface area (Å²) in [5.41, 5.74) is 5.02. The number of rotatable bonds is 13. The van der Waals surface area contributed by atoms with Gasteiger partial charge in [0.15, 0.2) is 0 Å². The molecule has 0 aliphatic heterocycles. The van der Waals surface area contributed by atoms with Crippen LogP contribution in [0.5, 0.6) is 0 Å². The number of nitrogens with zero attached hydrogens (tertiary/aromatic N) is 3. The fourth-order valence-corrected chi connectivity index (χ4v) is 3.92. The van der Waals surface area contributed by atoms with E-state index >= 15 is 0 Å². The second-order valence-corrected chi connectivity index (χ2v) is 8.33. The van der Waals surface area contributed by atoms with Gasteiger partial charge >= 0.3 is 0 Å². The van der Waals surface area contributed by atoms with Crippen LogP contribution in [0.4, 0.5) is 0 Å². The molecule has 0 radical (unpaired) electrons. The van der Waals surface area contributed by atoms with E-state index in [1.54, 1.807) is 0 Å². The third kappa shape index (κ3) is 8.07. The van der Waals surface area contributed by atoms with E-state index in [2.05, 4.69) is 46.3 Å². The lowest BCUT2D eigenvalue weighted by atomic mass is 10.1. The maximum absolute atomic E-state index is 11.4. The Morgan fingerprint density at radius 1 is 1.07 bits per heavy atom. The van der Waals surface area contributed by atoms with E-state index in [4.69, 9.17) is 0 Å². The summed E-state index contributed by atoms with van der Waals surface area (Å²) in [5, 5.41) is 11.8. The number of carbonyl (C=O) groups is 1. The number of benzene rings is 1. The average Bonchev–Trinajstić information content (AvgIpc) is 3.09. The number of carbonyl (C=O) groups excluding carboxylic acids is 1. The molecule has 0 saturated heterocycles. The Morgan fingerprint density at radius 3 is 2.37 bits per heavy atom. The van der Waals surface area contributed by atoms with Crippen molar-refractivity contribution < 1.29 is 4.79 Å². The minimum Gasteiger partial charge on any atom is -0.307 e. The Kier molecular flexibility index (Phi) is 9.94. The molecule has 0 atom stereocenters. The van der Waals surface area contributed by atoms with Crippen molar-refractivity contribution in [3.05, 3.63) is 46.8 Å². The van der Waals surface area contributed by atoms with Gasteiger partial charge in [-0.3, -0.25) is 9.48 Å². The third-order valence-electron chi connectivity index (χ3n) is 4.19. The number of hydrogen-bond donors (Lipinski definition) is 1. The summed E-state index contributed by atoms with van der Waals surface area (Å²) in [6.07, 6.45) is 8.30. The summed E-state index contributed by atoms with van der Waals surface area (Å²) < 4.78 is 1.83. The molecule has 1 aromatic heterocycles. The molecule has 1 heterocycles. The molecule has 27 heavy (non-hydrogen) atoms. The van der Waals surface area contributed by atoms with Crippen LogP contribution in [0.2, 0.25) is 0 Å². The lowest BCUT2D eigenvalue weighted by Gasteiger charge is -2.09. The number of aryl methyl sites for hydroxylation is 1. The smallest absolute Gasteiger partial charge is 0.132 e. The Labute approximate surface area is 171 Å². The Bertz CT molecular complexity index is 694. The van der Waals surface area contributed by atoms with Gasteiger partial charge in [0.1, 0.15) is 5.78 Å². The molecular weight excluding hydrogens is 376 g/mol. The lowest BCUT2D eigenvalue weighted by molar-refractivity contribution is -0.118.